The molecule has 1 saturated heterocycles. The van der Waals surface area contributed by atoms with Crippen molar-refractivity contribution < 1.29 is 18.0 Å². The van der Waals surface area contributed by atoms with E-state index in [4.69, 9.17) is 6.57 Å². The van der Waals surface area contributed by atoms with Crippen LogP contribution in [0.5, 0.6) is 0 Å². The molecule has 13 heteroatoms. The summed E-state index contributed by atoms with van der Waals surface area (Å²) in [5.41, 5.74) is -0.484. The van der Waals surface area contributed by atoms with Gasteiger partial charge >= 0.3 is 6.03 Å². The summed E-state index contributed by atoms with van der Waals surface area (Å²) in [6.07, 6.45) is 2.34. The van der Waals surface area contributed by atoms with Gasteiger partial charge in [-0.2, -0.15) is 5.10 Å². The van der Waals surface area contributed by atoms with Crippen molar-refractivity contribution in [2.75, 3.05) is 51.7 Å². The number of nitrogens with one attached hydrogen (secondary N) is 2. The lowest BCUT2D eigenvalue weighted by molar-refractivity contribution is 0.0957. The molecule has 34 heavy (non-hydrogen) atoms. The Morgan fingerprint density at radius 3 is 2.44 bits per heavy atom. The van der Waals surface area contributed by atoms with Gasteiger partial charge in [0.2, 0.25) is 10.0 Å². The van der Waals surface area contributed by atoms with E-state index in [9.17, 15) is 18.0 Å². The summed E-state index contributed by atoms with van der Waals surface area (Å²) in [5, 5.41) is 7.09. The molecule has 2 N–H and O–H groups in total. The molecule has 182 valence electrons. The molecule has 0 atom stereocenters. The van der Waals surface area contributed by atoms with Gasteiger partial charge in [-0.15, -0.1) is 4.72 Å². The number of rotatable bonds is 6. The molecular weight excluding hydrogens is 460 g/mol. The standard InChI is InChI=1S/C21H28N8O4S/c1-5-23-19(30)16-14-24-29-17(16)12-15(34(32,33)25-21(22-2)6-7-21)13-18(29)27-8-10-28(11-9-27)20(31)26(3)4/h12-14,25H,5-11H2,1,3-4H3,(H,23,30). The van der Waals surface area contributed by atoms with Crippen LogP contribution in [0.25, 0.3) is 10.4 Å². The third-order valence-electron chi connectivity index (χ3n) is 5.98. The van der Waals surface area contributed by atoms with Crippen LogP contribution in [0.3, 0.4) is 0 Å². The number of nitrogens with zero attached hydrogens (tertiary/aromatic N) is 6. The predicted octanol–water partition coefficient (Wildman–Crippen LogP) is 0.575. The fourth-order valence-electron chi connectivity index (χ4n) is 3.93. The van der Waals surface area contributed by atoms with E-state index in [1.165, 1.54) is 23.2 Å². The lowest BCUT2D eigenvalue weighted by Crippen LogP contribution is -2.52. The zero-order valence-electron chi connectivity index (χ0n) is 19.4. The summed E-state index contributed by atoms with van der Waals surface area (Å²) in [4.78, 5) is 33.5. The van der Waals surface area contributed by atoms with E-state index in [0.717, 1.165) is 0 Å². The second-order valence-electron chi connectivity index (χ2n) is 8.66. The molecule has 0 radical (unpaired) electrons. The maximum Gasteiger partial charge on any atom is 0.319 e. The molecule has 4 rings (SSSR count). The van der Waals surface area contributed by atoms with Gasteiger partial charge in [0.25, 0.3) is 11.6 Å². The van der Waals surface area contributed by atoms with Crippen LogP contribution in [-0.4, -0.2) is 92.3 Å². The van der Waals surface area contributed by atoms with Gasteiger partial charge in [-0.05, 0) is 13.0 Å². The molecule has 1 saturated carbocycles. The van der Waals surface area contributed by atoms with Gasteiger partial charge in [0.15, 0.2) is 0 Å². The number of sulfonamides is 1. The minimum atomic E-state index is -4.02. The van der Waals surface area contributed by atoms with Crippen LogP contribution in [0.1, 0.15) is 30.1 Å². The van der Waals surface area contributed by atoms with E-state index in [2.05, 4.69) is 20.0 Å². The first-order valence-corrected chi connectivity index (χ1v) is 12.5. The first-order valence-electron chi connectivity index (χ1n) is 11.0. The Morgan fingerprint density at radius 1 is 1.21 bits per heavy atom. The zero-order valence-corrected chi connectivity index (χ0v) is 20.2. The van der Waals surface area contributed by atoms with Crippen molar-refractivity contribution in [1.82, 2.24) is 29.5 Å². The molecule has 12 nitrogen and oxygen atoms in total. The third-order valence-corrected chi connectivity index (χ3v) is 7.49. The number of anilines is 1. The first kappa shape index (κ1) is 23.8. The van der Waals surface area contributed by atoms with Crippen LogP contribution in [0.15, 0.2) is 23.2 Å². The predicted molar refractivity (Wildman–Crippen MR) is 125 cm³/mol. The number of hydrogen-bond acceptors (Lipinski definition) is 6. The Morgan fingerprint density at radius 2 is 1.88 bits per heavy atom. The first-order chi connectivity index (χ1) is 16.1. The van der Waals surface area contributed by atoms with Crippen molar-refractivity contribution in [3.8, 4) is 0 Å². The minimum absolute atomic E-state index is 0.0391. The number of carbonyl (C=O) groups is 2. The fraction of sp³-hybridized carbons (Fsp3) is 0.524. The van der Waals surface area contributed by atoms with Gasteiger partial charge < -0.3 is 20.0 Å². The van der Waals surface area contributed by atoms with Crippen molar-refractivity contribution in [2.24, 2.45) is 0 Å². The highest BCUT2D eigenvalue weighted by molar-refractivity contribution is 7.89. The fourth-order valence-corrected chi connectivity index (χ4v) is 5.32. The second-order valence-corrected chi connectivity index (χ2v) is 10.3. The van der Waals surface area contributed by atoms with E-state index in [-0.39, 0.29) is 22.4 Å². The van der Waals surface area contributed by atoms with E-state index in [1.807, 2.05) is 4.90 Å². The quantitative estimate of drug-likeness (QED) is 0.573. The Balaban J connectivity index is 1.74. The molecule has 3 amide bonds. The number of urea groups is 1. The average molecular weight is 489 g/mol. The van der Waals surface area contributed by atoms with Crippen LogP contribution in [0, 0.1) is 6.57 Å². The number of carbonyl (C=O) groups excluding carboxylic acids is 2. The lowest BCUT2D eigenvalue weighted by atomic mass is 10.2. The highest BCUT2D eigenvalue weighted by atomic mass is 32.2. The Bertz CT molecular complexity index is 1270. The number of fused-ring (bicyclic) bond motifs is 1. The molecule has 2 aromatic heterocycles. The largest absolute Gasteiger partial charge is 0.353 e. The van der Waals surface area contributed by atoms with Crippen LogP contribution in [0.4, 0.5) is 10.6 Å². The molecule has 3 heterocycles. The molecular formula is C21H28N8O4S. The molecule has 0 unspecified atom stereocenters. The normalized spacial score (nSPS) is 17.4. The highest BCUT2D eigenvalue weighted by Crippen LogP contribution is 2.38. The number of piperazine rings is 1. The van der Waals surface area contributed by atoms with Crippen molar-refractivity contribution in [3.05, 3.63) is 35.3 Å². The average Bonchev–Trinajstić information content (AvgIpc) is 3.44. The molecule has 0 spiro atoms. The van der Waals surface area contributed by atoms with Gasteiger partial charge in [-0.25, -0.2) is 24.3 Å². The Labute approximate surface area is 198 Å². The van der Waals surface area contributed by atoms with Gasteiger partial charge in [0.1, 0.15) is 5.82 Å². The smallest absolute Gasteiger partial charge is 0.319 e. The number of pyridine rings is 1. The molecule has 0 bridgehead atoms. The summed E-state index contributed by atoms with van der Waals surface area (Å²) in [6.45, 7) is 11.4. The lowest BCUT2D eigenvalue weighted by Gasteiger charge is -2.37. The Hall–Kier alpha value is -3.37. The monoisotopic (exact) mass is 488 g/mol. The van der Waals surface area contributed by atoms with Crippen molar-refractivity contribution >= 4 is 33.3 Å². The maximum absolute atomic E-state index is 13.2. The van der Waals surface area contributed by atoms with Crippen molar-refractivity contribution in [2.45, 2.75) is 30.3 Å². The Kier molecular flexibility index (Phi) is 6.13. The third kappa shape index (κ3) is 4.38. The number of amides is 3. The van der Waals surface area contributed by atoms with Gasteiger partial charge in [0.05, 0.1) is 35.0 Å². The molecule has 1 aliphatic heterocycles. The van der Waals surface area contributed by atoms with Crippen molar-refractivity contribution in [1.29, 1.82) is 0 Å². The molecule has 2 fully saturated rings. The summed E-state index contributed by atoms with van der Waals surface area (Å²) in [5.74, 6) is 0.144. The van der Waals surface area contributed by atoms with E-state index >= 15 is 0 Å². The van der Waals surface area contributed by atoms with Gasteiger partial charge in [0, 0.05) is 52.9 Å². The van der Waals surface area contributed by atoms with E-state index in [1.54, 1.807) is 30.4 Å². The van der Waals surface area contributed by atoms with Crippen LogP contribution in [0.2, 0.25) is 0 Å². The molecule has 1 aliphatic carbocycles. The van der Waals surface area contributed by atoms with Crippen LogP contribution in [-0.2, 0) is 10.0 Å². The summed E-state index contributed by atoms with van der Waals surface area (Å²) >= 11 is 0. The SMILES string of the molecule is [C-]#[N+]C1(NS(=O)(=O)c2cc(N3CCN(C(=O)N(C)C)CC3)n3ncc(C(=O)NCC)c3c2)CC1. The summed E-state index contributed by atoms with van der Waals surface area (Å²) in [7, 11) is -0.630. The number of aromatic nitrogens is 2. The topological polar surface area (TPSA) is 124 Å². The summed E-state index contributed by atoms with van der Waals surface area (Å²) < 4.78 is 30.5. The van der Waals surface area contributed by atoms with Crippen LogP contribution >= 0.6 is 0 Å². The highest BCUT2D eigenvalue weighted by Gasteiger charge is 2.54. The summed E-state index contributed by atoms with van der Waals surface area (Å²) in [6, 6.07) is 2.83. The minimum Gasteiger partial charge on any atom is -0.353 e. The zero-order chi connectivity index (χ0) is 24.7. The maximum atomic E-state index is 13.2. The van der Waals surface area contributed by atoms with Gasteiger partial charge in [-0.3, -0.25) is 9.64 Å². The molecule has 2 aromatic rings. The van der Waals surface area contributed by atoms with Gasteiger partial charge in [-0.1, -0.05) is 0 Å². The van der Waals surface area contributed by atoms with Crippen LogP contribution < -0.4 is 14.9 Å². The van der Waals surface area contributed by atoms with Crippen molar-refractivity contribution in [3.63, 3.8) is 0 Å². The molecule has 0 aromatic carbocycles. The van der Waals surface area contributed by atoms with E-state index in [0.29, 0.717) is 56.9 Å². The second kappa shape index (κ2) is 8.77. The number of hydrogen-bond donors (Lipinski definition) is 2. The van der Waals surface area contributed by atoms with E-state index < -0.39 is 15.7 Å². The molecule has 2 aliphatic rings.